The monoisotopic (exact) mass is 460 g/mol. The van der Waals surface area contributed by atoms with Crippen LogP contribution in [0.15, 0.2) is 78.6 Å². The maximum atomic E-state index is 13.8. The van der Waals surface area contributed by atoms with Crippen LogP contribution in [0.5, 0.6) is 11.5 Å². The van der Waals surface area contributed by atoms with E-state index in [2.05, 4.69) is 15.4 Å². The fourth-order valence-corrected chi connectivity index (χ4v) is 4.63. The summed E-state index contributed by atoms with van der Waals surface area (Å²) in [5.74, 6) is 1.75. The van der Waals surface area contributed by atoms with Crippen LogP contribution in [0.2, 0.25) is 5.02 Å². The fourth-order valence-electron chi connectivity index (χ4n) is 4.46. The van der Waals surface area contributed by atoms with Gasteiger partial charge in [0.05, 0.1) is 12.8 Å². The van der Waals surface area contributed by atoms with Gasteiger partial charge in [0.2, 0.25) is 5.95 Å². The van der Waals surface area contributed by atoms with Crippen LogP contribution in [0.25, 0.3) is 5.70 Å². The summed E-state index contributed by atoms with van der Waals surface area (Å²) < 4.78 is 27.4. The summed E-state index contributed by atoms with van der Waals surface area (Å²) >= 11 is 6.35. The first-order chi connectivity index (χ1) is 16.1. The zero-order valence-electron chi connectivity index (χ0n) is 17.5. The van der Waals surface area contributed by atoms with Gasteiger partial charge in [-0.2, -0.15) is 10.1 Å². The van der Waals surface area contributed by atoms with Gasteiger partial charge in [-0.25, -0.2) is 9.07 Å². The van der Waals surface area contributed by atoms with Crippen molar-refractivity contribution in [3.8, 4) is 11.5 Å². The van der Waals surface area contributed by atoms with Crippen molar-refractivity contribution in [1.29, 1.82) is 0 Å². The van der Waals surface area contributed by atoms with E-state index in [-0.39, 0.29) is 11.9 Å². The second kappa shape index (κ2) is 7.64. The summed E-state index contributed by atoms with van der Waals surface area (Å²) in [6.07, 6.45) is 1.07. The number of benzene rings is 3. The molecule has 2 aliphatic heterocycles. The molecule has 0 saturated heterocycles. The average molecular weight is 461 g/mol. The van der Waals surface area contributed by atoms with E-state index < -0.39 is 6.10 Å². The molecule has 0 saturated carbocycles. The summed E-state index contributed by atoms with van der Waals surface area (Å²) in [7, 11) is 1.63. The van der Waals surface area contributed by atoms with Gasteiger partial charge in [-0.3, -0.25) is 0 Å². The molecule has 2 aliphatic rings. The maximum absolute atomic E-state index is 13.8. The van der Waals surface area contributed by atoms with Crippen LogP contribution < -0.4 is 14.8 Å². The highest BCUT2D eigenvalue weighted by Gasteiger charge is 2.41. The second-order valence-electron chi connectivity index (χ2n) is 7.85. The molecule has 3 aromatic carbocycles. The van der Waals surface area contributed by atoms with Gasteiger partial charge in [0, 0.05) is 16.2 Å². The molecule has 0 unspecified atom stereocenters. The number of nitrogens with one attached hydrogen (secondary N) is 1. The standard InChI is InChI=1S/C25H18ClFN4O2/c1-32-18-9-4-15(5-10-18)24-21-22(19-12-16(26)6-11-20(19)33-24)30-25-28-13-29-31(25)23(21)14-2-7-17(27)8-3-14/h2-13,23-24H,1H3,(H,28,29,30)/t23-,24+/m1/s1. The Balaban J connectivity index is 1.61. The minimum atomic E-state index is -0.431. The van der Waals surface area contributed by atoms with Crippen molar-refractivity contribution in [2.75, 3.05) is 12.4 Å². The average Bonchev–Trinajstić information content (AvgIpc) is 3.31. The third-order valence-electron chi connectivity index (χ3n) is 5.98. The van der Waals surface area contributed by atoms with E-state index in [1.54, 1.807) is 30.0 Å². The Bertz CT molecular complexity index is 1380. The van der Waals surface area contributed by atoms with Crippen LogP contribution in [0.4, 0.5) is 10.3 Å². The Kier molecular flexibility index (Phi) is 4.58. The van der Waals surface area contributed by atoms with Crippen LogP contribution in [-0.4, -0.2) is 21.9 Å². The van der Waals surface area contributed by atoms with Gasteiger partial charge in [-0.1, -0.05) is 35.9 Å². The lowest BCUT2D eigenvalue weighted by Gasteiger charge is -2.39. The van der Waals surface area contributed by atoms with Gasteiger partial charge >= 0.3 is 0 Å². The van der Waals surface area contributed by atoms with Crippen molar-refractivity contribution in [3.63, 3.8) is 0 Å². The quantitative estimate of drug-likeness (QED) is 0.428. The minimum Gasteiger partial charge on any atom is -0.497 e. The molecule has 1 aromatic heterocycles. The van der Waals surface area contributed by atoms with Crippen molar-refractivity contribution in [3.05, 3.63) is 106 Å². The maximum Gasteiger partial charge on any atom is 0.226 e. The van der Waals surface area contributed by atoms with Gasteiger partial charge in [-0.15, -0.1) is 0 Å². The summed E-state index contributed by atoms with van der Waals surface area (Å²) in [5.41, 5.74) is 4.43. The van der Waals surface area contributed by atoms with Gasteiger partial charge in [-0.05, 0) is 53.6 Å². The first-order valence-corrected chi connectivity index (χ1v) is 10.8. The van der Waals surface area contributed by atoms with Crippen LogP contribution in [0.3, 0.4) is 0 Å². The number of hydrogen-bond donors (Lipinski definition) is 1. The lowest BCUT2D eigenvalue weighted by Crippen LogP contribution is -2.32. The molecule has 6 nitrogen and oxygen atoms in total. The number of rotatable bonds is 3. The zero-order chi connectivity index (χ0) is 22.5. The van der Waals surface area contributed by atoms with Crippen LogP contribution in [0, 0.1) is 5.82 Å². The number of anilines is 1. The molecule has 2 atom stereocenters. The first-order valence-electron chi connectivity index (χ1n) is 10.4. The normalized spacial score (nSPS) is 18.5. The largest absolute Gasteiger partial charge is 0.497 e. The smallest absolute Gasteiger partial charge is 0.226 e. The second-order valence-corrected chi connectivity index (χ2v) is 8.29. The van der Waals surface area contributed by atoms with E-state index in [1.165, 1.54) is 18.5 Å². The summed E-state index contributed by atoms with van der Waals surface area (Å²) in [6, 6.07) is 19.4. The van der Waals surface area contributed by atoms with Crippen molar-refractivity contribution in [2.45, 2.75) is 12.1 Å². The molecule has 8 heteroatoms. The molecule has 0 bridgehead atoms. The van der Waals surface area contributed by atoms with E-state index in [0.717, 1.165) is 33.7 Å². The van der Waals surface area contributed by atoms with E-state index in [1.807, 2.05) is 36.4 Å². The summed E-state index contributed by atoms with van der Waals surface area (Å²) in [4.78, 5) is 4.40. The third-order valence-corrected chi connectivity index (χ3v) is 6.22. The summed E-state index contributed by atoms with van der Waals surface area (Å²) in [5, 5.41) is 8.49. The Labute approximate surface area is 194 Å². The van der Waals surface area contributed by atoms with Gasteiger partial charge < -0.3 is 14.8 Å². The molecule has 0 fully saturated rings. The van der Waals surface area contributed by atoms with E-state index in [0.29, 0.717) is 16.7 Å². The molecule has 0 spiro atoms. The number of ether oxygens (including phenoxy) is 2. The first kappa shape index (κ1) is 19.8. The van der Waals surface area contributed by atoms with Crippen LogP contribution in [-0.2, 0) is 0 Å². The van der Waals surface area contributed by atoms with Crippen molar-refractivity contribution in [1.82, 2.24) is 14.8 Å². The predicted molar refractivity (Wildman–Crippen MR) is 123 cm³/mol. The highest BCUT2D eigenvalue weighted by Crippen LogP contribution is 2.51. The van der Waals surface area contributed by atoms with E-state index in [4.69, 9.17) is 21.1 Å². The van der Waals surface area contributed by atoms with Gasteiger partial charge in [0.15, 0.2) is 0 Å². The van der Waals surface area contributed by atoms with E-state index in [9.17, 15) is 4.39 Å². The molecule has 4 aromatic rings. The minimum absolute atomic E-state index is 0.301. The Morgan fingerprint density at radius 1 is 1.03 bits per heavy atom. The number of fused-ring (bicyclic) bond motifs is 3. The molecule has 0 radical (unpaired) electrons. The van der Waals surface area contributed by atoms with Crippen molar-refractivity contribution < 1.29 is 13.9 Å². The molecular weight excluding hydrogens is 443 g/mol. The Morgan fingerprint density at radius 3 is 2.55 bits per heavy atom. The number of nitrogens with zero attached hydrogens (tertiary/aromatic N) is 3. The molecule has 33 heavy (non-hydrogen) atoms. The number of aromatic nitrogens is 3. The summed E-state index contributed by atoms with van der Waals surface area (Å²) in [6.45, 7) is 0. The molecular formula is C25H18ClFN4O2. The third kappa shape index (κ3) is 3.24. The molecule has 6 rings (SSSR count). The van der Waals surface area contributed by atoms with Crippen LogP contribution >= 0.6 is 11.6 Å². The number of hydrogen-bond acceptors (Lipinski definition) is 5. The van der Waals surface area contributed by atoms with Gasteiger partial charge in [0.1, 0.15) is 35.8 Å². The highest BCUT2D eigenvalue weighted by atomic mass is 35.5. The van der Waals surface area contributed by atoms with Crippen LogP contribution in [0.1, 0.15) is 28.8 Å². The predicted octanol–water partition coefficient (Wildman–Crippen LogP) is 5.64. The molecule has 0 aliphatic carbocycles. The Morgan fingerprint density at radius 2 is 1.79 bits per heavy atom. The number of methoxy groups -OCH3 is 1. The van der Waals surface area contributed by atoms with Crippen molar-refractivity contribution in [2.24, 2.45) is 0 Å². The fraction of sp³-hybridized carbons (Fsp3) is 0.120. The zero-order valence-corrected chi connectivity index (χ0v) is 18.3. The molecule has 164 valence electrons. The molecule has 1 N–H and O–H groups in total. The van der Waals surface area contributed by atoms with Gasteiger partial charge in [0.25, 0.3) is 0 Å². The van der Waals surface area contributed by atoms with E-state index >= 15 is 0 Å². The highest BCUT2D eigenvalue weighted by molar-refractivity contribution is 6.30. The lowest BCUT2D eigenvalue weighted by atomic mass is 9.84. The Hall–Kier alpha value is -3.84. The molecule has 3 heterocycles. The number of halogens is 2. The molecule has 0 amide bonds. The topological polar surface area (TPSA) is 61.2 Å². The lowest BCUT2D eigenvalue weighted by molar-refractivity contribution is 0.223. The SMILES string of the molecule is COc1ccc([C@@H]2Oc3ccc(Cl)cc3C3=C2[C@@H](c2ccc(F)cc2)n2ncnc2N3)cc1. The van der Waals surface area contributed by atoms with Crippen molar-refractivity contribution >= 4 is 23.2 Å².